The summed E-state index contributed by atoms with van der Waals surface area (Å²) >= 11 is 0. The van der Waals surface area contributed by atoms with Gasteiger partial charge in [0.1, 0.15) is 24.1 Å². The van der Waals surface area contributed by atoms with E-state index in [0.717, 1.165) is 6.26 Å². The number of aliphatic hydroxyl groups excluding tert-OH is 2. The molecule has 0 bridgehead atoms. The Morgan fingerprint density at radius 2 is 2.17 bits per heavy atom. The molecule has 12 heteroatoms. The van der Waals surface area contributed by atoms with Crippen LogP contribution in [-0.2, 0) is 19.0 Å². The number of anilines is 1. The van der Waals surface area contributed by atoms with E-state index in [4.69, 9.17) is 14.7 Å². The summed E-state index contributed by atoms with van der Waals surface area (Å²) in [6, 6.07) is 0. The molecule has 1 aliphatic heterocycles. The highest BCUT2D eigenvalue weighted by Crippen LogP contribution is 2.34. The van der Waals surface area contributed by atoms with Crippen LogP contribution in [-0.4, -0.2) is 69.3 Å². The zero-order valence-corrected chi connectivity index (χ0v) is 12.8. The molecule has 1 saturated heterocycles. The van der Waals surface area contributed by atoms with Crippen LogP contribution in [0.15, 0.2) is 12.7 Å². The third-order valence-electron chi connectivity index (χ3n) is 3.44. The van der Waals surface area contributed by atoms with Crippen LogP contribution in [0.1, 0.15) is 6.23 Å². The topological polar surface area (TPSA) is 163 Å². The zero-order valence-electron chi connectivity index (χ0n) is 12.0. The van der Waals surface area contributed by atoms with Gasteiger partial charge in [-0.3, -0.25) is 8.75 Å². The van der Waals surface area contributed by atoms with Gasteiger partial charge in [-0.2, -0.15) is 8.42 Å². The number of nitrogen functional groups attached to an aromatic ring is 1. The number of ether oxygens (including phenoxy) is 1. The minimum atomic E-state index is -3.87. The predicted octanol–water partition coefficient (Wildman–Crippen LogP) is -2.00. The monoisotopic (exact) mass is 345 g/mol. The van der Waals surface area contributed by atoms with Gasteiger partial charge in [-0.15, -0.1) is 0 Å². The van der Waals surface area contributed by atoms with Crippen molar-refractivity contribution in [1.82, 2.24) is 19.5 Å². The fraction of sp³-hybridized carbons (Fsp3) is 0.545. The molecule has 1 aliphatic rings. The van der Waals surface area contributed by atoms with Crippen LogP contribution in [0.25, 0.3) is 11.2 Å². The van der Waals surface area contributed by atoms with Crippen molar-refractivity contribution < 1.29 is 27.6 Å². The van der Waals surface area contributed by atoms with Crippen molar-refractivity contribution in [3.05, 3.63) is 12.7 Å². The summed E-state index contributed by atoms with van der Waals surface area (Å²) in [5.41, 5.74) is 6.29. The first-order valence-electron chi connectivity index (χ1n) is 6.57. The van der Waals surface area contributed by atoms with E-state index in [0.29, 0.717) is 5.52 Å². The van der Waals surface area contributed by atoms with Gasteiger partial charge in [-0.1, -0.05) is 0 Å². The Morgan fingerprint density at radius 3 is 2.83 bits per heavy atom. The predicted molar refractivity (Wildman–Crippen MR) is 76.5 cm³/mol. The van der Waals surface area contributed by atoms with Gasteiger partial charge in [0, 0.05) is 0 Å². The molecule has 3 heterocycles. The van der Waals surface area contributed by atoms with Crippen LogP contribution >= 0.6 is 0 Å². The molecule has 4 atom stereocenters. The van der Waals surface area contributed by atoms with Crippen molar-refractivity contribution in [2.45, 2.75) is 24.5 Å². The summed E-state index contributed by atoms with van der Waals surface area (Å²) < 4.78 is 34.7. The Balaban J connectivity index is 2.05. The molecule has 0 aromatic carbocycles. The van der Waals surface area contributed by atoms with Crippen molar-refractivity contribution in [3.8, 4) is 0 Å². The van der Waals surface area contributed by atoms with E-state index in [2.05, 4.69) is 15.0 Å². The van der Waals surface area contributed by atoms with Gasteiger partial charge >= 0.3 is 0 Å². The second-order valence-electron chi connectivity index (χ2n) is 5.09. The number of aromatic nitrogens is 4. The fourth-order valence-corrected chi connectivity index (χ4v) is 3.07. The van der Waals surface area contributed by atoms with E-state index in [9.17, 15) is 18.6 Å². The first kappa shape index (κ1) is 16.0. The number of imidazole rings is 1. The quantitative estimate of drug-likeness (QED) is 0.528. The maximum absolute atomic E-state index is 11.4. The lowest BCUT2D eigenvalue weighted by Gasteiger charge is -2.20. The lowest BCUT2D eigenvalue weighted by molar-refractivity contribution is -0.0483. The highest BCUT2D eigenvalue weighted by molar-refractivity contribution is 7.86. The fourth-order valence-electron chi connectivity index (χ4n) is 2.45. The largest absolute Gasteiger partial charge is 0.394 e. The molecule has 4 N–H and O–H groups in total. The SMILES string of the molecule is CS(=O)(=O)OC1C(O)[C@@H](CO)O[C@H]1n1cnc2c(N)ncnc21. The second kappa shape index (κ2) is 5.65. The zero-order chi connectivity index (χ0) is 16.8. The Kier molecular flexibility index (Phi) is 3.93. The molecule has 23 heavy (non-hydrogen) atoms. The maximum Gasteiger partial charge on any atom is 0.264 e. The first-order valence-corrected chi connectivity index (χ1v) is 8.39. The van der Waals surface area contributed by atoms with E-state index in [1.54, 1.807) is 0 Å². The van der Waals surface area contributed by atoms with Crippen molar-refractivity contribution in [3.63, 3.8) is 0 Å². The number of hydrogen-bond acceptors (Lipinski definition) is 10. The second-order valence-corrected chi connectivity index (χ2v) is 6.69. The summed E-state index contributed by atoms with van der Waals surface area (Å²) in [5, 5.41) is 19.4. The Bertz CT molecular complexity index is 823. The molecule has 126 valence electrons. The van der Waals surface area contributed by atoms with Crippen LogP contribution in [0.2, 0.25) is 0 Å². The molecule has 2 unspecified atom stereocenters. The average Bonchev–Trinajstić information content (AvgIpc) is 3.01. The lowest BCUT2D eigenvalue weighted by Crippen LogP contribution is -2.36. The standard InChI is InChI=1S/C11H15N5O6S/c1-23(19,20)22-8-7(18)5(2-17)21-11(8)16-4-15-6-9(12)13-3-14-10(6)16/h3-5,7-8,11,17-18H,2H2,1H3,(H2,12,13,14)/t5-,7?,8?,11-/m1/s1. The minimum Gasteiger partial charge on any atom is -0.394 e. The Labute approximate surface area is 130 Å². The smallest absolute Gasteiger partial charge is 0.264 e. The van der Waals surface area contributed by atoms with Crippen molar-refractivity contribution in [1.29, 1.82) is 0 Å². The van der Waals surface area contributed by atoms with Gasteiger partial charge in [0.25, 0.3) is 10.1 Å². The highest BCUT2D eigenvalue weighted by atomic mass is 32.2. The van der Waals surface area contributed by atoms with Crippen LogP contribution in [0.3, 0.4) is 0 Å². The maximum atomic E-state index is 11.4. The third-order valence-corrected chi connectivity index (χ3v) is 4.01. The van der Waals surface area contributed by atoms with Crippen molar-refractivity contribution in [2.75, 3.05) is 18.6 Å². The van der Waals surface area contributed by atoms with Crippen LogP contribution in [0, 0.1) is 0 Å². The molecule has 0 radical (unpaired) electrons. The molecular formula is C11H15N5O6S. The molecule has 2 aromatic rings. The molecule has 1 fully saturated rings. The van der Waals surface area contributed by atoms with Gasteiger partial charge in [0.2, 0.25) is 0 Å². The molecule has 3 rings (SSSR count). The summed E-state index contributed by atoms with van der Waals surface area (Å²) in [4.78, 5) is 11.9. The molecular weight excluding hydrogens is 330 g/mol. The van der Waals surface area contributed by atoms with Crippen LogP contribution in [0.4, 0.5) is 5.82 Å². The summed E-state index contributed by atoms with van der Waals surface area (Å²) in [5.74, 6) is 0.145. The number of aliphatic hydroxyl groups is 2. The van der Waals surface area contributed by atoms with Gasteiger partial charge in [0.05, 0.1) is 19.2 Å². The van der Waals surface area contributed by atoms with Gasteiger partial charge in [0.15, 0.2) is 23.8 Å². The normalized spacial score (nSPS) is 28.5. The molecule has 11 nitrogen and oxygen atoms in total. The minimum absolute atomic E-state index is 0.145. The Morgan fingerprint density at radius 1 is 1.43 bits per heavy atom. The van der Waals surface area contributed by atoms with Gasteiger partial charge < -0.3 is 20.7 Å². The van der Waals surface area contributed by atoms with E-state index in [-0.39, 0.29) is 11.5 Å². The molecule has 0 saturated carbocycles. The highest BCUT2D eigenvalue weighted by Gasteiger charge is 2.47. The lowest BCUT2D eigenvalue weighted by atomic mass is 10.1. The van der Waals surface area contributed by atoms with Crippen LogP contribution in [0.5, 0.6) is 0 Å². The summed E-state index contributed by atoms with van der Waals surface area (Å²) in [6.07, 6.45) is -1.29. The van der Waals surface area contributed by atoms with Crippen molar-refractivity contribution >= 4 is 27.1 Å². The first-order chi connectivity index (χ1) is 10.8. The third kappa shape index (κ3) is 2.86. The summed E-state index contributed by atoms with van der Waals surface area (Å²) in [7, 11) is -3.87. The van der Waals surface area contributed by atoms with Gasteiger partial charge in [-0.05, 0) is 0 Å². The number of fused-ring (bicyclic) bond motifs is 1. The van der Waals surface area contributed by atoms with Crippen molar-refractivity contribution in [2.24, 2.45) is 0 Å². The Hall–Kier alpha value is -1.86. The van der Waals surface area contributed by atoms with E-state index in [1.165, 1.54) is 17.2 Å². The number of hydrogen-bond donors (Lipinski definition) is 3. The van der Waals surface area contributed by atoms with Gasteiger partial charge in [-0.25, -0.2) is 15.0 Å². The van der Waals surface area contributed by atoms with E-state index < -0.39 is 41.3 Å². The number of nitrogens with two attached hydrogens (primary N) is 1. The van der Waals surface area contributed by atoms with E-state index >= 15 is 0 Å². The molecule has 0 spiro atoms. The number of rotatable bonds is 4. The molecule has 2 aromatic heterocycles. The number of nitrogens with zero attached hydrogens (tertiary/aromatic N) is 4. The van der Waals surface area contributed by atoms with E-state index in [1.807, 2.05) is 0 Å². The van der Waals surface area contributed by atoms with Crippen LogP contribution < -0.4 is 5.73 Å². The summed E-state index contributed by atoms with van der Waals surface area (Å²) in [6.45, 7) is -0.509. The molecule has 0 amide bonds. The molecule has 0 aliphatic carbocycles. The average molecular weight is 345 g/mol.